The van der Waals surface area contributed by atoms with Gasteiger partial charge in [-0.3, -0.25) is 4.79 Å². The van der Waals surface area contributed by atoms with Crippen molar-refractivity contribution >= 4 is 17.2 Å². The van der Waals surface area contributed by atoms with Crippen LogP contribution < -0.4 is 5.32 Å². The first kappa shape index (κ1) is 16.0. The number of hydrogen-bond acceptors (Lipinski definition) is 5. The molecule has 6 heteroatoms. The van der Waals surface area contributed by atoms with Crippen molar-refractivity contribution in [2.75, 3.05) is 6.54 Å². The van der Waals surface area contributed by atoms with Crippen LogP contribution >= 0.6 is 11.3 Å². The van der Waals surface area contributed by atoms with Crippen LogP contribution in [0.5, 0.6) is 0 Å². The summed E-state index contributed by atoms with van der Waals surface area (Å²) in [5.41, 5.74) is -0.676. The zero-order chi connectivity index (χ0) is 17.0. The number of nitrogens with zero attached hydrogens (tertiary/aromatic N) is 1. The molecule has 24 heavy (non-hydrogen) atoms. The van der Waals surface area contributed by atoms with Crippen LogP contribution in [0, 0.1) is 11.3 Å². The van der Waals surface area contributed by atoms with E-state index >= 15 is 0 Å². The number of hydrogen-bond donors (Lipinski definition) is 2. The standard InChI is InChI=1S/C18H14N2O3S/c19-11-13-4-1-5-14(10-13)17(21)20-12-18(22,15-6-2-8-23-15)16-7-3-9-24-16/h1-10,22H,12H2,(H,20,21)/t18-/m1/s1. The summed E-state index contributed by atoms with van der Waals surface area (Å²) in [6.07, 6.45) is 1.48. The van der Waals surface area contributed by atoms with Gasteiger partial charge in [0.1, 0.15) is 5.76 Å². The van der Waals surface area contributed by atoms with E-state index in [0.29, 0.717) is 21.8 Å². The minimum absolute atomic E-state index is 0.0450. The van der Waals surface area contributed by atoms with E-state index in [4.69, 9.17) is 9.68 Å². The van der Waals surface area contributed by atoms with E-state index in [1.165, 1.54) is 23.7 Å². The van der Waals surface area contributed by atoms with Crippen LogP contribution in [0.4, 0.5) is 0 Å². The first-order valence-corrected chi connectivity index (χ1v) is 8.10. The average Bonchev–Trinajstić information content (AvgIpc) is 3.33. The summed E-state index contributed by atoms with van der Waals surface area (Å²) >= 11 is 1.38. The molecule has 1 amide bonds. The van der Waals surface area contributed by atoms with Crippen molar-refractivity contribution < 1.29 is 14.3 Å². The molecule has 1 aromatic carbocycles. The number of amides is 1. The lowest BCUT2D eigenvalue weighted by Gasteiger charge is -2.25. The van der Waals surface area contributed by atoms with Gasteiger partial charge in [0.15, 0.2) is 5.60 Å². The third-order valence-electron chi connectivity index (χ3n) is 3.62. The first-order valence-electron chi connectivity index (χ1n) is 7.22. The topological polar surface area (TPSA) is 86.3 Å². The Labute approximate surface area is 142 Å². The molecule has 0 aliphatic rings. The molecular formula is C18H14N2O3S. The number of furan rings is 1. The van der Waals surface area contributed by atoms with Crippen LogP contribution in [0.15, 0.2) is 64.6 Å². The van der Waals surface area contributed by atoms with Gasteiger partial charge in [-0.2, -0.15) is 5.26 Å². The Morgan fingerprint density at radius 2 is 2.17 bits per heavy atom. The second-order valence-electron chi connectivity index (χ2n) is 5.19. The first-order chi connectivity index (χ1) is 11.6. The molecule has 0 aliphatic carbocycles. The molecule has 5 nitrogen and oxygen atoms in total. The van der Waals surface area contributed by atoms with Gasteiger partial charge in [-0.25, -0.2) is 0 Å². The zero-order valence-electron chi connectivity index (χ0n) is 12.6. The molecule has 0 aliphatic heterocycles. The molecule has 0 saturated heterocycles. The van der Waals surface area contributed by atoms with Crippen molar-refractivity contribution in [1.82, 2.24) is 5.32 Å². The minimum atomic E-state index is -1.44. The summed E-state index contributed by atoms with van der Waals surface area (Å²) in [5, 5.41) is 24.6. The SMILES string of the molecule is N#Cc1cccc(C(=O)NC[C@@](O)(c2ccco2)c2cccs2)c1. The van der Waals surface area contributed by atoms with Crippen LogP contribution in [-0.4, -0.2) is 17.6 Å². The molecule has 0 bridgehead atoms. The van der Waals surface area contributed by atoms with E-state index in [1.807, 2.05) is 17.5 Å². The molecule has 0 unspecified atom stereocenters. The molecule has 3 aromatic rings. The lowest BCUT2D eigenvalue weighted by molar-refractivity contribution is 0.0554. The molecule has 1 atom stereocenters. The fraction of sp³-hybridized carbons (Fsp3) is 0.111. The summed E-state index contributed by atoms with van der Waals surface area (Å²) in [4.78, 5) is 13.0. The Kier molecular flexibility index (Phi) is 4.47. The van der Waals surface area contributed by atoms with E-state index in [9.17, 15) is 9.90 Å². The van der Waals surface area contributed by atoms with Crippen LogP contribution in [-0.2, 0) is 5.60 Å². The second-order valence-corrected chi connectivity index (χ2v) is 6.14. The Morgan fingerprint density at radius 1 is 1.29 bits per heavy atom. The van der Waals surface area contributed by atoms with E-state index in [2.05, 4.69) is 5.32 Å². The smallest absolute Gasteiger partial charge is 0.251 e. The summed E-state index contributed by atoms with van der Waals surface area (Å²) in [5.74, 6) is -0.00957. The summed E-state index contributed by atoms with van der Waals surface area (Å²) in [6, 6.07) is 15.4. The lowest BCUT2D eigenvalue weighted by Crippen LogP contribution is -2.41. The van der Waals surface area contributed by atoms with E-state index in [1.54, 1.807) is 36.4 Å². The van der Waals surface area contributed by atoms with Crippen molar-refractivity contribution in [3.8, 4) is 6.07 Å². The number of carbonyl (C=O) groups excluding carboxylic acids is 1. The number of benzene rings is 1. The molecule has 120 valence electrons. The third-order valence-corrected chi connectivity index (χ3v) is 4.64. The molecule has 0 fully saturated rings. The average molecular weight is 338 g/mol. The number of thiophene rings is 1. The van der Waals surface area contributed by atoms with Gasteiger partial charge < -0.3 is 14.8 Å². The number of carbonyl (C=O) groups is 1. The molecule has 0 radical (unpaired) electrons. The van der Waals surface area contributed by atoms with Crippen LogP contribution in [0.3, 0.4) is 0 Å². The molecule has 2 N–H and O–H groups in total. The van der Waals surface area contributed by atoms with E-state index < -0.39 is 5.60 Å². The molecule has 2 aromatic heterocycles. The quantitative estimate of drug-likeness (QED) is 0.749. The summed E-state index contributed by atoms with van der Waals surface area (Å²) < 4.78 is 5.36. The molecule has 0 saturated carbocycles. The number of nitrogens with one attached hydrogen (secondary N) is 1. The highest BCUT2D eigenvalue weighted by Gasteiger charge is 2.36. The van der Waals surface area contributed by atoms with Crippen LogP contribution in [0.1, 0.15) is 26.6 Å². The van der Waals surface area contributed by atoms with Crippen molar-refractivity contribution in [3.63, 3.8) is 0 Å². The number of nitriles is 1. The molecule has 2 heterocycles. The summed E-state index contributed by atoms with van der Waals surface area (Å²) in [7, 11) is 0. The maximum atomic E-state index is 12.3. The van der Waals surface area contributed by atoms with Gasteiger partial charge in [-0.1, -0.05) is 12.1 Å². The molecular weight excluding hydrogens is 324 g/mol. The maximum Gasteiger partial charge on any atom is 0.251 e. The van der Waals surface area contributed by atoms with Gasteiger partial charge in [0.25, 0.3) is 5.91 Å². The highest BCUT2D eigenvalue weighted by molar-refractivity contribution is 7.10. The maximum absolute atomic E-state index is 12.3. The van der Waals surface area contributed by atoms with Crippen LogP contribution in [0.25, 0.3) is 0 Å². The number of rotatable bonds is 5. The second kappa shape index (κ2) is 6.71. The van der Waals surface area contributed by atoms with Gasteiger partial charge in [0, 0.05) is 10.4 Å². The monoisotopic (exact) mass is 338 g/mol. The normalized spacial score (nSPS) is 13.0. The molecule has 0 spiro atoms. The fourth-order valence-electron chi connectivity index (χ4n) is 2.36. The highest BCUT2D eigenvalue weighted by Crippen LogP contribution is 2.32. The minimum Gasteiger partial charge on any atom is -0.466 e. The largest absolute Gasteiger partial charge is 0.466 e. The predicted octanol–water partition coefficient (Wildman–Crippen LogP) is 2.88. The van der Waals surface area contributed by atoms with Crippen molar-refractivity contribution in [2.24, 2.45) is 0 Å². The van der Waals surface area contributed by atoms with Crippen molar-refractivity contribution in [1.29, 1.82) is 5.26 Å². The van der Waals surface area contributed by atoms with Crippen LogP contribution in [0.2, 0.25) is 0 Å². The van der Waals surface area contributed by atoms with Crippen molar-refractivity contribution in [2.45, 2.75) is 5.60 Å². The predicted molar refractivity (Wildman–Crippen MR) is 89.5 cm³/mol. The van der Waals surface area contributed by atoms with Gasteiger partial charge in [-0.15, -0.1) is 11.3 Å². The molecule has 3 rings (SSSR count). The number of aliphatic hydroxyl groups is 1. The Bertz CT molecular complexity index is 830. The summed E-state index contributed by atoms with van der Waals surface area (Å²) in [6.45, 7) is -0.0450. The Hall–Kier alpha value is -2.88. The van der Waals surface area contributed by atoms with Crippen molar-refractivity contribution in [3.05, 3.63) is 81.9 Å². The van der Waals surface area contributed by atoms with Gasteiger partial charge in [-0.05, 0) is 41.8 Å². The van der Waals surface area contributed by atoms with Gasteiger partial charge in [0.05, 0.1) is 24.4 Å². The fourth-order valence-corrected chi connectivity index (χ4v) is 3.19. The van der Waals surface area contributed by atoms with Gasteiger partial charge >= 0.3 is 0 Å². The van der Waals surface area contributed by atoms with E-state index in [-0.39, 0.29) is 12.5 Å². The van der Waals surface area contributed by atoms with E-state index in [0.717, 1.165) is 0 Å². The highest BCUT2D eigenvalue weighted by atomic mass is 32.1. The zero-order valence-corrected chi connectivity index (χ0v) is 13.4. The third kappa shape index (κ3) is 3.08. The lowest BCUT2D eigenvalue weighted by atomic mass is 9.98. The Morgan fingerprint density at radius 3 is 2.83 bits per heavy atom. The Balaban J connectivity index is 1.82. The van der Waals surface area contributed by atoms with Gasteiger partial charge in [0.2, 0.25) is 0 Å².